The third kappa shape index (κ3) is 2.41. The van der Waals surface area contributed by atoms with Gasteiger partial charge in [0, 0.05) is 12.7 Å². The van der Waals surface area contributed by atoms with Gasteiger partial charge in [0.15, 0.2) is 5.65 Å². The van der Waals surface area contributed by atoms with Crippen molar-refractivity contribution in [2.75, 3.05) is 10.6 Å². The predicted octanol–water partition coefficient (Wildman–Crippen LogP) is 1.02. The topological polar surface area (TPSA) is 105 Å². The molecule has 1 aromatic carbocycles. The minimum absolute atomic E-state index is 0.146. The average Bonchev–Trinajstić information content (AvgIpc) is 2.86. The van der Waals surface area contributed by atoms with E-state index >= 15 is 0 Å². The van der Waals surface area contributed by atoms with E-state index in [1.54, 1.807) is 7.05 Å². The van der Waals surface area contributed by atoms with Crippen LogP contribution >= 0.6 is 0 Å². The first-order chi connectivity index (χ1) is 11.6. The molecule has 0 unspecified atom stereocenters. The molecule has 8 nitrogen and oxygen atoms in total. The fourth-order valence-electron chi connectivity index (χ4n) is 2.91. The van der Waals surface area contributed by atoms with Crippen molar-refractivity contribution in [1.82, 2.24) is 19.7 Å². The second kappa shape index (κ2) is 5.48. The van der Waals surface area contributed by atoms with Gasteiger partial charge in [-0.2, -0.15) is 10.1 Å². The summed E-state index contributed by atoms with van der Waals surface area (Å²) in [4.78, 5) is 31.5. The summed E-state index contributed by atoms with van der Waals surface area (Å²) in [6.45, 7) is 0. The van der Waals surface area contributed by atoms with Crippen LogP contribution in [0, 0.1) is 0 Å². The normalized spacial score (nSPS) is 17.2. The Bertz CT molecular complexity index is 990. The molecule has 3 heterocycles. The van der Waals surface area contributed by atoms with E-state index in [-0.39, 0.29) is 17.4 Å². The fraction of sp³-hybridized carbons (Fsp3) is 0.250. The summed E-state index contributed by atoms with van der Waals surface area (Å²) in [6, 6.07) is 7.25. The Balaban J connectivity index is 1.63. The molecule has 0 fully saturated rings. The molecule has 0 radical (unpaired) electrons. The average molecular weight is 324 g/mol. The molecule has 2 aromatic heterocycles. The molecule has 4 rings (SSSR count). The number of aryl methyl sites for hydroxylation is 2. The van der Waals surface area contributed by atoms with E-state index in [9.17, 15) is 9.59 Å². The summed E-state index contributed by atoms with van der Waals surface area (Å²) in [5, 5.41) is 10.4. The number of carbonyl (C=O) groups is 1. The Hall–Kier alpha value is -3.16. The van der Waals surface area contributed by atoms with Crippen molar-refractivity contribution < 1.29 is 4.79 Å². The number of nitrogens with one attached hydrogen (secondary N) is 3. The Morgan fingerprint density at radius 2 is 2.12 bits per heavy atom. The summed E-state index contributed by atoms with van der Waals surface area (Å²) in [7, 11) is 1.72. The van der Waals surface area contributed by atoms with Crippen molar-refractivity contribution in [3.05, 3.63) is 46.4 Å². The van der Waals surface area contributed by atoms with Gasteiger partial charge in [-0.25, -0.2) is 0 Å². The molecule has 0 bridgehead atoms. The molecular weight excluding hydrogens is 308 g/mol. The van der Waals surface area contributed by atoms with Crippen molar-refractivity contribution in [1.29, 1.82) is 0 Å². The van der Waals surface area contributed by atoms with Crippen LogP contribution in [0.2, 0.25) is 0 Å². The molecule has 122 valence electrons. The summed E-state index contributed by atoms with van der Waals surface area (Å²) < 4.78 is 1.53. The highest BCUT2D eigenvalue weighted by Crippen LogP contribution is 2.22. The van der Waals surface area contributed by atoms with Gasteiger partial charge in [-0.3, -0.25) is 19.3 Å². The lowest BCUT2D eigenvalue weighted by molar-refractivity contribution is -0.116. The summed E-state index contributed by atoms with van der Waals surface area (Å²) >= 11 is 0. The second-order valence-electron chi connectivity index (χ2n) is 5.80. The summed E-state index contributed by atoms with van der Waals surface area (Å²) in [5.74, 6) is 0.120. The number of carbonyl (C=O) groups excluding carboxylic acids is 1. The SMILES string of the molecule is Cn1ncc2c(=O)[nH]c(N[C@@H]3CCc4ccccc4NC3=O)nc21. The lowest BCUT2D eigenvalue weighted by Gasteiger charge is -2.15. The Labute approximate surface area is 136 Å². The van der Waals surface area contributed by atoms with E-state index in [1.807, 2.05) is 24.3 Å². The van der Waals surface area contributed by atoms with E-state index in [1.165, 1.54) is 10.9 Å². The smallest absolute Gasteiger partial charge is 0.263 e. The van der Waals surface area contributed by atoms with E-state index in [2.05, 4.69) is 25.7 Å². The van der Waals surface area contributed by atoms with E-state index in [0.29, 0.717) is 17.5 Å². The molecule has 3 aromatic rings. The highest BCUT2D eigenvalue weighted by atomic mass is 16.2. The molecule has 8 heteroatoms. The molecule has 3 N–H and O–H groups in total. The third-order valence-electron chi connectivity index (χ3n) is 4.21. The van der Waals surface area contributed by atoms with Crippen LogP contribution in [0.5, 0.6) is 0 Å². The lowest BCUT2D eigenvalue weighted by Crippen LogP contribution is -2.34. The second-order valence-corrected chi connectivity index (χ2v) is 5.80. The molecule has 1 amide bonds. The first-order valence-corrected chi connectivity index (χ1v) is 7.69. The van der Waals surface area contributed by atoms with Crippen LogP contribution in [0.3, 0.4) is 0 Å². The number of hydrogen-bond acceptors (Lipinski definition) is 5. The van der Waals surface area contributed by atoms with Crippen LogP contribution in [0.15, 0.2) is 35.3 Å². The Morgan fingerprint density at radius 1 is 1.29 bits per heavy atom. The minimum atomic E-state index is -0.480. The number of nitrogens with zero attached hydrogens (tertiary/aromatic N) is 3. The molecule has 0 saturated carbocycles. The van der Waals surface area contributed by atoms with Crippen LogP contribution in [0.25, 0.3) is 11.0 Å². The van der Waals surface area contributed by atoms with Crippen LogP contribution in [0.4, 0.5) is 11.6 Å². The van der Waals surface area contributed by atoms with Gasteiger partial charge in [0.25, 0.3) is 5.56 Å². The van der Waals surface area contributed by atoms with Crippen molar-refractivity contribution in [2.45, 2.75) is 18.9 Å². The number of rotatable bonds is 2. The number of aromatic amines is 1. The Kier molecular flexibility index (Phi) is 3.30. The monoisotopic (exact) mass is 324 g/mol. The zero-order valence-electron chi connectivity index (χ0n) is 13.0. The zero-order chi connectivity index (χ0) is 16.7. The van der Waals surface area contributed by atoms with Crippen LogP contribution in [-0.2, 0) is 18.3 Å². The van der Waals surface area contributed by atoms with E-state index < -0.39 is 6.04 Å². The third-order valence-corrected chi connectivity index (χ3v) is 4.21. The maximum absolute atomic E-state index is 12.4. The quantitative estimate of drug-likeness (QED) is 0.653. The first-order valence-electron chi connectivity index (χ1n) is 7.69. The highest BCUT2D eigenvalue weighted by molar-refractivity contribution is 5.97. The standard InChI is InChI=1S/C16H16N6O2/c1-22-13-10(8-17-22)14(23)21-16(20-13)19-12-7-6-9-4-2-3-5-11(9)18-15(12)24/h2-5,8,12H,6-7H2,1H3,(H,18,24)(H2,19,20,21,23)/t12-/m1/s1. The van der Waals surface area contributed by atoms with Crippen LogP contribution < -0.4 is 16.2 Å². The molecular formula is C16H16N6O2. The number of H-pyrrole nitrogens is 1. The van der Waals surface area contributed by atoms with Crippen LogP contribution in [-0.4, -0.2) is 31.7 Å². The number of aromatic nitrogens is 4. The number of amides is 1. The van der Waals surface area contributed by atoms with E-state index in [4.69, 9.17) is 0 Å². The molecule has 0 saturated heterocycles. The number of fused-ring (bicyclic) bond motifs is 2. The molecule has 0 spiro atoms. The van der Waals surface area contributed by atoms with Gasteiger partial charge in [0.1, 0.15) is 11.4 Å². The maximum atomic E-state index is 12.4. The number of para-hydroxylation sites is 1. The number of hydrogen-bond donors (Lipinski definition) is 3. The van der Waals surface area contributed by atoms with E-state index in [0.717, 1.165) is 17.7 Å². The van der Waals surface area contributed by atoms with Crippen LogP contribution in [0.1, 0.15) is 12.0 Å². The van der Waals surface area contributed by atoms with Gasteiger partial charge in [-0.05, 0) is 24.5 Å². The van der Waals surface area contributed by atoms with Gasteiger partial charge >= 0.3 is 0 Å². The molecule has 1 atom stereocenters. The summed E-state index contributed by atoms with van der Waals surface area (Å²) in [6.07, 6.45) is 2.83. The van der Waals surface area contributed by atoms with Gasteiger partial charge in [0.05, 0.1) is 6.20 Å². The lowest BCUT2D eigenvalue weighted by atomic mass is 10.1. The van der Waals surface area contributed by atoms with Gasteiger partial charge < -0.3 is 10.6 Å². The fourth-order valence-corrected chi connectivity index (χ4v) is 2.91. The van der Waals surface area contributed by atoms with Gasteiger partial charge in [0.2, 0.25) is 11.9 Å². The first kappa shape index (κ1) is 14.4. The number of anilines is 2. The zero-order valence-corrected chi connectivity index (χ0v) is 13.0. The van der Waals surface area contributed by atoms with Crippen molar-refractivity contribution >= 4 is 28.6 Å². The molecule has 24 heavy (non-hydrogen) atoms. The molecule has 1 aliphatic heterocycles. The molecule has 1 aliphatic rings. The van der Waals surface area contributed by atoms with Crippen molar-refractivity contribution in [3.8, 4) is 0 Å². The van der Waals surface area contributed by atoms with Crippen molar-refractivity contribution in [2.24, 2.45) is 7.05 Å². The largest absolute Gasteiger partial charge is 0.344 e. The number of benzene rings is 1. The Morgan fingerprint density at radius 3 is 3.00 bits per heavy atom. The summed E-state index contributed by atoms with van der Waals surface area (Å²) in [5.41, 5.74) is 2.11. The highest BCUT2D eigenvalue weighted by Gasteiger charge is 2.24. The minimum Gasteiger partial charge on any atom is -0.344 e. The van der Waals surface area contributed by atoms with Gasteiger partial charge in [-0.1, -0.05) is 18.2 Å². The maximum Gasteiger partial charge on any atom is 0.263 e. The van der Waals surface area contributed by atoms with Gasteiger partial charge in [-0.15, -0.1) is 0 Å². The van der Waals surface area contributed by atoms with Crippen molar-refractivity contribution in [3.63, 3.8) is 0 Å². The molecule has 0 aliphatic carbocycles. The predicted molar refractivity (Wildman–Crippen MR) is 89.9 cm³/mol.